The first-order chi connectivity index (χ1) is 8.73. The Balaban J connectivity index is 3.13. The van der Waals surface area contributed by atoms with E-state index in [0.717, 1.165) is 18.2 Å². The van der Waals surface area contributed by atoms with Gasteiger partial charge < -0.3 is 9.47 Å². The van der Waals surface area contributed by atoms with Crippen molar-refractivity contribution in [2.24, 2.45) is 0 Å². The van der Waals surface area contributed by atoms with E-state index < -0.39 is 35.8 Å². The van der Waals surface area contributed by atoms with Crippen molar-refractivity contribution < 1.29 is 36.2 Å². The van der Waals surface area contributed by atoms with Crippen LogP contribution in [-0.4, -0.2) is 24.1 Å². The smallest absolute Gasteiger partial charge is 0.435 e. The van der Waals surface area contributed by atoms with Gasteiger partial charge in [0.15, 0.2) is 5.78 Å². The van der Waals surface area contributed by atoms with Crippen molar-refractivity contribution in [1.82, 2.24) is 0 Å². The Kier molecular flexibility index (Phi) is 5.10. The number of hydrogen-bond donors (Lipinski definition) is 0. The highest BCUT2D eigenvalue weighted by Crippen LogP contribution is 2.30. The highest BCUT2D eigenvalue weighted by atomic mass is 79.9. The van der Waals surface area contributed by atoms with Gasteiger partial charge in [-0.15, -0.1) is 13.2 Å². The summed E-state index contributed by atoms with van der Waals surface area (Å²) in [6.07, 6.45) is -4.99. The Morgan fingerprint density at radius 3 is 2.42 bits per heavy atom. The average molecular weight is 349 g/mol. The fourth-order valence-corrected chi connectivity index (χ4v) is 1.49. The summed E-state index contributed by atoms with van der Waals surface area (Å²) in [5, 5.41) is -0.292. The Morgan fingerprint density at radius 1 is 1.32 bits per heavy atom. The van der Waals surface area contributed by atoms with Crippen LogP contribution < -0.4 is 9.47 Å². The zero-order valence-corrected chi connectivity index (χ0v) is 10.6. The Morgan fingerprint density at radius 2 is 1.95 bits per heavy atom. The van der Waals surface area contributed by atoms with Gasteiger partial charge in [0.2, 0.25) is 0 Å². The molecule has 0 N–H and O–H groups in total. The van der Waals surface area contributed by atoms with Crippen LogP contribution in [0.5, 0.6) is 11.5 Å². The van der Waals surface area contributed by atoms with Crippen LogP contribution in [0, 0.1) is 0 Å². The van der Waals surface area contributed by atoms with Gasteiger partial charge in [-0.3, -0.25) is 4.79 Å². The number of hydrogen-bond acceptors (Lipinski definition) is 3. The second kappa shape index (κ2) is 6.18. The standard InChI is InChI=1S/C10H6BrF5O3/c11-4-7(17)6-3-5(18-9(12)13)1-2-8(6)19-10(14,15)16/h1-3,9H,4H2. The molecule has 1 rings (SSSR count). The molecule has 0 bridgehead atoms. The number of halogens is 6. The minimum absolute atomic E-state index is 0.292. The summed E-state index contributed by atoms with van der Waals surface area (Å²) in [5.74, 6) is -1.98. The molecule has 3 nitrogen and oxygen atoms in total. The first-order valence-corrected chi connectivity index (χ1v) is 5.79. The van der Waals surface area contributed by atoms with E-state index in [2.05, 4.69) is 25.4 Å². The van der Waals surface area contributed by atoms with Crippen molar-refractivity contribution in [3.05, 3.63) is 23.8 Å². The van der Waals surface area contributed by atoms with E-state index in [1.807, 2.05) is 0 Å². The van der Waals surface area contributed by atoms with Crippen molar-refractivity contribution in [3.8, 4) is 11.5 Å². The minimum Gasteiger partial charge on any atom is -0.435 e. The number of ketones is 1. The van der Waals surface area contributed by atoms with Crippen LogP contribution in [0.15, 0.2) is 18.2 Å². The molecule has 0 unspecified atom stereocenters. The van der Waals surface area contributed by atoms with E-state index in [4.69, 9.17) is 0 Å². The molecule has 0 aliphatic heterocycles. The number of carbonyl (C=O) groups is 1. The average Bonchev–Trinajstić information content (AvgIpc) is 2.27. The quantitative estimate of drug-likeness (QED) is 0.461. The van der Waals surface area contributed by atoms with Crippen LogP contribution >= 0.6 is 15.9 Å². The van der Waals surface area contributed by atoms with Gasteiger partial charge in [-0.25, -0.2) is 0 Å². The van der Waals surface area contributed by atoms with Gasteiger partial charge in [-0.2, -0.15) is 8.78 Å². The van der Waals surface area contributed by atoms with E-state index in [1.165, 1.54) is 0 Å². The third-order valence-corrected chi connectivity index (χ3v) is 2.33. The van der Waals surface area contributed by atoms with Gasteiger partial charge in [0.25, 0.3) is 0 Å². The summed E-state index contributed by atoms with van der Waals surface area (Å²) >= 11 is 2.77. The first-order valence-electron chi connectivity index (χ1n) is 4.66. The molecule has 0 aliphatic carbocycles. The molecule has 0 atom stereocenters. The zero-order valence-electron chi connectivity index (χ0n) is 9.01. The number of ether oxygens (including phenoxy) is 2. The van der Waals surface area contributed by atoms with E-state index in [0.29, 0.717) is 0 Å². The summed E-state index contributed by atoms with van der Waals surface area (Å²) < 4.78 is 67.9. The fraction of sp³-hybridized carbons (Fsp3) is 0.300. The van der Waals surface area contributed by atoms with Crippen LogP contribution in [0.4, 0.5) is 22.0 Å². The lowest BCUT2D eigenvalue weighted by atomic mass is 10.1. The van der Waals surface area contributed by atoms with Crippen molar-refractivity contribution in [3.63, 3.8) is 0 Å². The van der Waals surface area contributed by atoms with Crippen molar-refractivity contribution in [1.29, 1.82) is 0 Å². The first kappa shape index (κ1) is 15.7. The predicted octanol–water partition coefficient (Wildman–Crippen LogP) is 3.76. The van der Waals surface area contributed by atoms with Gasteiger partial charge in [0.05, 0.1) is 10.9 Å². The number of rotatable bonds is 5. The maximum absolute atomic E-state index is 12.1. The van der Waals surface area contributed by atoms with E-state index in [-0.39, 0.29) is 5.33 Å². The van der Waals surface area contributed by atoms with Gasteiger partial charge in [-0.05, 0) is 18.2 Å². The number of carbonyl (C=O) groups excluding carboxylic acids is 1. The molecular formula is C10H6BrF5O3. The topological polar surface area (TPSA) is 35.5 Å². The summed E-state index contributed by atoms with van der Waals surface area (Å²) in [5.41, 5.74) is -0.507. The molecule has 1 aromatic carbocycles. The predicted molar refractivity (Wildman–Crippen MR) is 57.9 cm³/mol. The Bertz CT molecular complexity index is 461. The third-order valence-electron chi connectivity index (χ3n) is 1.82. The molecule has 1 aromatic rings. The molecule has 0 spiro atoms. The molecule has 0 heterocycles. The SMILES string of the molecule is O=C(CBr)c1cc(OC(F)F)ccc1OC(F)(F)F. The monoisotopic (exact) mass is 348 g/mol. The molecule has 0 saturated heterocycles. The Hall–Kier alpha value is -1.38. The molecule has 9 heteroatoms. The number of Topliss-reactive ketones (excluding diaryl/α,β-unsaturated/α-hetero) is 1. The molecule has 19 heavy (non-hydrogen) atoms. The van der Waals surface area contributed by atoms with Crippen LogP contribution in [0.3, 0.4) is 0 Å². The molecule has 0 amide bonds. The van der Waals surface area contributed by atoms with Gasteiger partial charge in [0, 0.05) is 0 Å². The summed E-state index contributed by atoms with van der Waals surface area (Å²) in [7, 11) is 0. The van der Waals surface area contributed by atoms with Crippen molar-refractivity contribution in [2.45, 2.75) is 13.0 Å². The minimum atomic E-state index is -4.99. The summed E-state index contributed by atoms with van der Waals surface area (Å²) in [4.78, 5) is 11.4. The summed E-state index contributed by atoms with van der Waals surface area (Å²) in [6, 6.07) is 2.34. The maximum atomic E-state index is 12.1. The molecule has 0 radical (unpaired) electrons. The fourth-order valence-electron chi connectivity index (χ4n) is 1.19. The molecular weight excluding hydrogens is 343 g/mol. The molecule has 0 aromatic heterocycles. The Labute approximate surface area is 112 Å². The van der Waals surface area contributed by atoms with Crippen LogP contribution in [0.2, 0.25) is 0 Å². The van der Waals surface area contributed by atoms with Crippen LogP contribution in [0.1, 0.15) is 10.4 Å². The lowest BCUT2D eigenvalue weighted by Gasteiger charge is -2.13. The van der Waals surface area contributed by atoms with E-state index in [9.17, 15) is 26.7 Å². The highest BCUT2D eigenvalue weighted by Gasteiger charge is 2.33. The molecule has 0 fully saturated rings. The zero-order chi connectivity index (χ0) is 14.6. The van der Waals surface area contributed by atoms with Gasteiger partial charge in [0.1, 0.15) is 11.5 Å². The highest BCUT2D eigenvalue weighted by molar-refractivity contribution is 9.09. The summed E-state index contributed by atoms with van der Waals surface area (Å²) in [6.45, 7) is -3.15. The van der Waals surface area contributed by atoms with Crippen LogP contribution in [0.25, 0.3) is 0 Å². The van der Waals surface area contributed by atoms with Crippen LogP contribution in [-0.2, 0) is 0 Å². The second-order valence-corrected chi connectivity index (χ2v) is 3.70. The second-order valence-electron chi connectivity index (χ2n) is 3.14. The lowest BCUT2D eigenvalue weighted by molar-refractivity contribution is -0.274. The van der Waals surface area contributed by atoms with Crippen molar-refractivity contribution >= 4 is 21.7 Å². The number of benzene rings is 1. The van der Waals surface area contributed by atoms with Gasteiger partial charge >= 0.3 is 13.0 Å². The molecule has 106 valence electrons. The molecule has 0 aliphatic rings. The number of alkyl halides is 6. The molecule has 0 saturated carbocycles. The van der Waals surface area contributed by atoms with E-state index >= 15 is 0 Å². The van der Waals surface area contributed by atoms with E-state index in [1.54, 1.807) is 0 Å². The van der Waals surface area contributed by atoms with Gasteiger partial charge in [-0.1, -0.05) is 15.9 Å². The largest absolute Gasteiger partial charge is 0.573 e. The maximum Gasteiger partial charge on any atom is 0.573 e. The third kappa shape index (κ3) is 5.01. The normalized spacial score (nSPS) is 11.5. The van der Waals surface area contributed by atoms with Crippen molar-refractivity contribution in [2.75, 3.05) is 5.33 Å². The lowest BCUT2D eigenvalue weighted by Crippen LogP contribution is -2.19.